The molecule has 0 aliphatic carbocycles. The Labute approximate surface area is 111 Å². The van der Waals surface area contributed by atoms with E-state index in [9.17, 15) is 4.80 Å². The number of aliphatic hydroxyl groups excluding tert-OH is 1. The Hall–Kier alpha value is 0.0569. The Morgan fingerprint density at radius 2 is 1.72 bits per heavy atom. The van der Waals surface area contributed by atoms with Crippen molar-refractivity contribution >= 4 is 8.32 Å². The van der Waals surface area contributed by atoms with Crippen LogP contribution in [-0.4, -0.2) is 43.8 Å². The molecule has 18 heavy (non-hydrogen) atoms. The van der Waals surface area contributed by atoms with E-state index in [1.165, 1.54) is 0 Å². The molecule has 108 valence electrons. The molecule has 1 fully saturated rings. The summed E-state index contributed by atoms with van der Waals surface area (Å²) in [5.74, 6) is -0.577. The van der Waals surface area contributed by atoms with Gasteiger partial charge in [-0.15, -0.1) is 0 Å². The first-order valence-electron chi connectivity index (χ1n) is 6.84. The summed E-state index contributed by atoms with van der Waals surface area (Å²) in [6.45, 7) is 9.55. The lowest BCUT2D eigenvalue weighted by atomic mass is 10.00. The maximum absolute atomic E-state index is 10.2. The second kappa shape index (κ2) is 6.01. The normalized spacial score (nSPS) is 20.3. The average molecular weight is 276 g/mol. The van der Waals surface area contributed by atoms with Gasteiger partial charge in [0.1, 0.15) is 0 Å². The highest BCUT2D eigenvalue weighted by Crippen LogP contribution is 2.41. The molecule has 1 saturated heterocycles. The highest BCUT2D eigenvalue weighted by atomic mass is 28.4. The van der Waals surface area contributed by atoms with E-state index in [-0.39, 0.29) is 11.6 Å². The van der Waals surface area contributed by atoms with E-state index in [2.05, 4.69) is 13.8 Å². The van der Waals surface area contributed by atoms with Crippen LogP contribution in [0, 0.1) is 0 Å². The molecule has 5 heteroatoms. The fourth-order valence-electron chi connectivity index (χ4n) is 2.19. The van der Waals surface area contributed by atoms with Crippen LogP contribution >= 0.6 is 0 Å². The van der Waals surface area contributed by atoms with Gasteiger partial charge in [-0.05, 0) is 31.0 Å². The molecule has 4 nitrogen and oxygen atoms in total. The van der Waals surface area contributed by atoms with Gasteiger partial charge in [0.25, 0.3) is 0 Å². The molecule has 0 amide bonds. The SMILES string of the molecule is CC(C)(CCCC1(CCO)OCCO1)[Si](C)(C)O. The van der Waals surface area contributed by atoms with E-state index in [1.807, 2.05) is 13.1 Å². The summed E-state index contributed by atoms with van der Waals surface area (Å²) in [4.78, 5) is 10.2. The van der Waals surface area contributed by atoms with Crippen molar-refractivity contribution in [2.45, 2.75) is 63.5 Å². The second-order valence-corrected chi connectivity index (χ2v) is 10.8. The maximum atomic E-state index is 10.2. The molecule has 0 aromatic carbocycles. The Bertz CT molecular complexity index is 254. The monoisotopic (exact) mass is 276 g/mol. The van der Waals surface area contributed by atoms with Crippen molar-refractivity contribution in [2.75, 3.05) is 19.8 Å². The molecule has 0 aromatic rings. The number of rotatable bonds is 7. The average Bonchev–Trinajstić information content (AvgIpc) is 2.65. The van der Waals surface area contributed by atoms with Gasteiger partial charge in [0.05, 0.1) is 13.2 Å². The van der Waals surface area contributed by atoms with E-state index >= 15 is 0 Å². The van der Waals surface area contributed by atoms with Gasteiger partial charge in [-0.2, -0.15) is 0 Å². The first-order valence-corrected chi connectivity index (χ1v) is 9.78. The van der Waals surface area contributed by atoms with E-state index in [4.69, 9.17) is 14.6 Å². The third-order valence-electron chi connectivity index (χ3n) is 4.32. The Morgan fingerprint density at radius 1 is 1.17 bits per heavy atom. The van der Waals surface area contributed by atoms with Crippen LogP contribution in [0.2, 0.25) is 18.1 Å². The molecule has 1 aliphatic rings. The summed E-state index contributed by atoms with van der Waals surface area (Å²) in [6.07, 6.45) is 3.24. The van der Waals surface area contributed by atoms with Gasteiger partial charge in [-0.1, -0.05) is 13.8 Å². The van der Waals surface area contributed by atoms with Crippen LogP contribution < -0.4 is 0 Å². The summed E-state index contributed by atoms with van der Waals surface area (Å²) in [5, 5.41) is 9.08. The Morgan fingerprint density at radius 3 is 2.17 bits per heavy atom. The van der Waals surface area contributed by atoms with Gasteiger partial charge < -0.3 is 19.4 Å². The van der Waals surface area contributed by atoms with Gasteiger partial charge >= 0.3 is 0 Å². The molecule has 0 unspecified atom stereocenters. The first-order chi connectivity index (χ1) is 8.22. The van der Waals surface area contributed by atoms with Gasteiger partial charge in [-0.3, -0.25) is 0 Å². The lowest BCUT2D eigenvalue weighted by Gasteiger charge is -2.36. The predicted molar refractivity (Wildman–Crippen MR) is 73.9 cm³/mol. The fourth-order valence-corrected chi connectivity index (χ4v) is 2.98. The van der Waals surface area contributed by atoms with Crippen LogP contribution in [0.5, 0.6) is 0 Å². The zero-order valence-corrected chi connectivity index (χ0v) is 13.2. The molecule has 0 saturated carbocycles. The van der Waals surface area contributed by atoms with Crippen molar-refractivity contribution in [1.82, 2.24) is 0 Å². The minimum Gasteiger partial charge on any atom is -0.432 e. The van der Waals surface area contributed by atoms with Crippen LogP contribution in [-0.2, 0) is 9.47 Å². The van der Waals surface area contributed by atoms with Crippen molar-refractivity contribution in [3.05, 3.63) is 0 Å². The summed E-state index contributed by atoms with van der Waals surface area (Å²) in [5.41, 5.74) is 0. The van der Waals surface area contributed by atoms with Crippen LogP contribution in [0.4, 0.5) is 0 Å². The standard InChI is InChI=1S/C13H28O4Si/c1-12(2,18(3,4)15)6-5-7-13(8-9-14)16-10-11-17-13/h14-15H,5-11H2,1-4H3. The molecular weight excluding hydrogens is 248 g/mol. The third-order valence-corrected chi connectivity index (χ3v) is 7.88. The third kappa shape index (κ3) is 4.03. The Balaban J connectivity index is 2.45. The lowest BCUT2D eigenvalue weighted by molar-refractivity contribution is -0.172. The zero-order chi connectivity index (χ0) is 13.9. The zero-order valence-electron chi connectivity index (χ0n) is 12.2. The van der Waals surface area contributed by atoms with Gasteiger partial charge in [-0.25, -0.2) is 0 Å². The quantitative estimate of drug-likeness (QED) is 0.700. The minimum absolute atomic E-state index is 0.00793. The van der Waals surface area contributed by atoms with E-state index in [0.29, 0.717) is 19.6 Å². The predicted octanol–water partition coefficient (Wildman–Crippen LogP) is 2.26. The topological polar surface area (TPSA) is 58.9 Å². The molecule has 2 N–H and O–H groups in total. The minimum atomic E-state index is -2.14. The first kappa shape index (κ1) is 16.1. The van der Waals surface area contributed by atoms with Crippen molar-refractivity contribution in [3.8, 4) is 0 Å². The second-order valence-electron chi connectivity index (χ2n) is 6.38. The maximum Gasteiger partial charge on any atom is 0.188 e. The molecule has 1 aliphatic heterocycles. The van der Waals surface area contributed by atoms with E-state index in [0.717, 1.165) is 19.3 Å². The molecule has 1 rings (SSSR count). The summed E-state index contributed by atoms with van der Waals surface area (Å²) >= 11 is 0. The molecule has 0 radical (unpaired) electrons. The summed E-state index contributed by atoms with van der Waals surface area (Å²) in [6, 6.07) is 0. The number of aliphatic hydroxyl groups is 1. The summed E-state index contributed by atoms with van der Waals surface area (Å²) < 4.78 is 11.3. The van der Waals surface area contributed by atoms with Crippen molar-refractivity contribution in [3.63, 3.8) is 0 Å². The van der Waals surface area contributed by atoms with E-state index in [1.54, 1.807) is 0 Å². The van der Waals surface area contributed by atoms with Gasteiger partial charge in [0.2, 0.25) is 0 Å². The van der Waals surface area contributed by atoms with Crippen molar-refractivity contribution in [1.29, 1.82) is 0 Å². The molecule has 0 spiro atoms. The largest absolute Gasteiger partial charge is 0.432 e. The molecular formula is C13H28O4Si. The molecule has 1 heterocycles. The Kier molecular flexibility index (Phi) is 5.38. The highest BCUT2D eigenvalue weighted by molar-refractivity contribution is 6.72. The molecule has 0 atom stereocenters. The highest BCUT2D eigenvalue weighted by Gasteiger charge is 2.40. The van der Waals surface area contributed by atoms with Crippen molar-refractivity contribution < 1.29 is 19.4 Å². The van der Waals surface area contributed by atoms with Crippen LogP contribution in [0.15, 0.2) is 0 Å². The van der Waals surface area contributed by atoms with Crippen molar-refractivity contribution in [2.24, 2.45) is 0 Å². The number of hydrogen-bond donors (Lipinski definition) is 2. The molecule has 0 aromatic heterocycles. The van der Waals surface area contributed by atoms with Crippen LogP contribution in [0.25, 0.3) is 0 Å². The van der Waals surface area contributed by atoms with Crippen LogP contribution in [0.1, 0.15) is 39.5 Å². The van der Waals surface area contributed by atoms with Crippen LogP contribution in [0.3, 0.4) is 0 Å². The molecule has 0 bridgehead atoms. The summed E-state index contributed by atoms with van der Waals surface area (Å²) in [7, 11) is -2.14. The van der Waals surface area contributed by atoms with Gasteiger partial charge in [0.15, 0.2) is 14.1 Å². The van der Waals surface area contributed by atoms with E-state index < -0.39 is 14.1 Å². The number of hydrogen-bond acceptors (Lipinski definition) is 4. The number of ether oxygens (including phenoxy) is 2. The lowest BCUT2D eigenvalue weighted by Crippen LogP contribution is -2.39. The van der Waals surface area contributed by atoms with Gasteiger partial charge in [0, 0.05) is 19.4 Å². The fraction of sp³-hybridized carbons (Fsp3) is 1.00. The smallest absolute Gasteiger partial charge is 0.188 e.